The smallest absolute Gasteiger partial charge is 0.345 e. The van der Waals surface area contributed by atoms with Crippen LogP contribution in [0.3, 0.4) is 0 Å². The molecule has 0 rings (SSSR count). The van der Waals surface area contributed by atoms with Crippen LogP contribution in [0.2, 0.25) is 0 Å². The Morgan fingerprint density at radius 2 is 2.00 bits per heavy atom. The molecule has 0 saturated heterocycles. The molecule has 0 saturated carbocycles. The summed E-state index contributed by atoms with van der Waals surface area (Å²) in [6, 6.07) is 0. The van der Waals surface area contributed by atoms with Gasteiger partial charge in [0.05, 0.1) is 5.78 Å². The lowest BCUT2D eigenvalue weighted by molar-refractivity contribution is -0.135. The highest BCUT2D eigenvalue weighted by atomic mass is 31.1. The maximum Gasteiger partial charge on any atom is 0.389 e. The predicted molar refractivity (Wildman–Crippen MR) is 34.5 cm³/mol. The lowest BCUT2D eigenvalue weighted by atomic mass is 10.3. The third-order valence-corrected chi connectivity index (χ3v) is 1.98. The molecule has 3 N–H and O–H groups in total. The van der Waals surface area contributed by atoms with Gasteiger partial charge in [-0.05, 0) is 6.42 Å². The first kappa shape index (κ1) is 10.9. The molecule has 0 aliphatic heterocycles. The van der Waals surface area contributed by atoms with Crippen LogP contribution in [-0.2, 0) is 4.57 Å². The van der Waals surface area contributed by atoms with Crippen molar-refractivity contribution in [3.63, 3.8) is 0 Å². The van der Waals surface area contributed by atoms with Gasteiger partial charge in [0, 0.05) is 6.42 Å². The summed E-state index contributed by atoms with van der Waals surface area (Å²) in [5, 5.41) is 0. The molecule has 3 nitrogen and oxygen atoms in total. The van der Waals surface area contributed by atoms with E-state index in [-0.39, 0.29) is 0 Å². The fourth-order valence-electron chi connectivity index (χ4n) is 0.443. The molecule has 0 aliphatic rings. The average molecular weight is 191 g/mol. The summed E-state index contributed by atoms with van der Waals surface area (Å²) >= 11 is 0. The van der Waals surface area contributed by atoms with Crippen molar-refractivity contribution < 1.29 is 22.6 Å². The number of halogens is 3. The van der Waals surface area contributed by atoms with Crippen LogP contribution < -0.4 is 5.73 Å². The first-order valence-corrected chi connectivity index (χ1v) is 4.31. The minimum absolute atomic E-state index is 0.488. The molecule has 68 valence electrons. The molecular formula is C4H9F3NO2P. The molecule has 7 heteroatoms. The molecule has 0 aromatic rings. The summed E-state index contributed by atoms with van der Waals surface area (Å²) in [5.41, 5.74) is 4.91. The van der Waals surface area contributed by atoms with Gasteiger partial charge in [-0.3, -0.25) is 4.57 Å². The Morgan fingerprint density at radius 3 is 2.27 bits per heavy atom. The largest absolute Gasteiger partial charge is 0.389 e. The van der Waals surface area contributed by atoms with Crippen LogP contribution in [0.1, 0.15) is 12.8 Å². The van der Waals surface area contributed by atoms with Gasteiger partial charge < -0.3 is 10.6 Å². The SMILES string of the molecule is NC(CCC(F)(F)F)[PH](=O)O. The number of hydrogen-bond acceptors (Lipinski definition) is 2. The zero-order valence-electron chi connectivity index (χ0n) is 5.56. The van der Waals surface area contributed by atoms with Gasteiger partial charge in [0.2, 0.25) is 8.03 Å². The van der Waals surface area contributed by atoms with Crippen LogP contribution in [0.15, 0.2) is 0 Å². The maximum absolute atomic E-state index is 11.5. The van der Waals surface area contributed by atoms with Crippen LogP contribution in [0.25, 0.3) is 0 Å². The second kappa shape index (κ2) is 4.09. The van der Waals surface area contributed by atoms with E-state index in [0.29, 0.717) is 0 Å². The number of alkyl halides is 3. The summed E-state index contributed by atoms with van der Waals surface area (Å²) in [4.78, 5) is 8.27. The van der Waals surface area contributed by atoms with Crippen molar-refractivity contribution >= 4 is 8.03 Å². The highest BCUT2D eigenvalue weighted by molar-refractivity contribution is 7.38. The summed E-state index contributed by atoms with van der Waals surface area (Å²) < 4.78 is 44.5. The van der Waals surface area contributed by atoms with Crippen molar-refractivity contribution in [3.8, 4) is 0 Å². The average Bonchev–Trinajstić information content (AvgIpc) is 1.80. The van der Waals surface area contributed by atoms with Gasteiger partial charge in [-0.2, -0.15) is 13.2 Å². The molecule has 0 heterocycles. The minimum atomic E-state index is -4.30. The summed E-state index contributed by atoms with van der Waals surface area (Å²) in [6.45, 7) is 0. The summed E-state index contributed by atoms with van der Waals surface area (Å²) in [6.07, 6.45) is -5.89. The molecule has 2 atom stereocenters. The summed E-state index contributed by atoms with van der Waals surface area (Å²) in [5.74, 6) is -1.23. The second-order valence-corrected chi connectivity index (χ2v) is 3.52. The van der Waals surface area contributed by atoms with Crippen molar-refractivity contribution in [3.05, 3.63) is 0 Å². The molecule has 0 bridgehead atoms. The van der Waals surface area contributed by atoms with E-state index in [1.807, 2.05) is 0 Å². The third kappa shape index (κ3) is 6.34. The van der Waals surface area contributed by atoms with Crippen molar-refractivity contribution in [1.29, 1.82) is 0 Å². The van der Waals surface area contributed by atoms with Gasteiger partial charge in [-0.15, -0.1) is 0 Å². The highest BCUT2D eigenvalue weighted by Gasteiger charge is 2.28. The quantitative estimate of drug-likeness (QED) is 0.656. The van der Waals surface area contributed by atoms with Crippen LogP contribution in [-0.4, -0.2) is 16.9 Å². The van der Waals surface area contributed by atoms with Gasteiger partial charge in [0.15, 0.2) is 0 Å². The van der Waals surface area contributed by atoms with E-state index in [1.54, 1.807) is 0 Å². The van der Waals surface area contributed by atoms with E-state index in [9.17, 15) is 17.7 Å². The molecule has 0 radical (unpaired) electrons. The van der Waals surface area contributed by atoms with Crippen molar-refractivity contribution in [2.24, 2.45) is 5.73 Å². The molecule has 0 spiro atoms. The Bertz CT molecular complexity index is 149. The van der Waals surface area contributed by atoms with Crippen molar-refractivity contribution in [2.75, 3.05) is 0 Å². The van der Waals surface area contributed by atoms with E-state index in [2.05, 4.69) is 0 Å². The maximum atomic E-state index is 11.5. The highest BCUT2D eigenvalue weighted by Crippen LogP contribution is 2.28. The Kier molecular flexibility index (Phi) is 4.07. The molecule has 0 amide bonds. The molecular weight excluding hydrogens is 182 g/mol. The molecule has 0 fully saturated rings. The van der Waals surface area contributed by atoms with E-state index < -0.39 is 32.8 Å². The zero-order valence-corrected chi connectivity index (χ0v) is 6.56. The first-order chi connectivity index (χ1) is 4.83. The molecule has 0 aromatic carbocycles. The van der Waals surface area contributed by atoms with Crippen molar-refractivity contribution in [2.45, 2.75) is 24.8 Å². The minimum Gasteiger partial charge on any atom is -0.345 e. The zero-order chi connectivity index (χ0) is 9.07. The normalized spacial score (nSPS) is 17.9. The number of rotatable bonds is 3. The van der Waals surface area contributed by atoms with Crippen LogP contribution in [0, 0.1) is 0 Å². The monoisotopic (exact) mass is 191 g/mol. The van der Waals surface area contributed by atoms with Gasteiger partial charge >= 0.3 is 6.18 Å². The molecule has 0 aliphatic carbocycles. The fourth-order valence-corrected chi connectivity index (χ4v) is 0.834. The van der Waals surface area contributed by atoms with Crippen LogP contribution >= 0.6 is 8.03 Å². The molecule has 0 aromatic heterocycles. The Morgan fingerprint density at radius 1 is 1.55 bits per heavy atom. The summed E-state index contributed by atoms with van der Waals surface area (Å²) in [7, 11) is -3.01. The molecule has 11 heavy (non-hydrogen) atoms. The molecule has 2 unspecified atom stereocenters. The van der Waals surface area contributed by atoms with Gasteiger partial charge in [-0.25, -0.2) is 0 Å². The lowest BCUT2D eigenvalue weighted by Gasteiger charge is -2.09. The number of hydrogen-bond donors (Lipinski definition) is 2. The Balaban J connectivity index is 3.63. The van der Waals surface area contributed by atoms with Gasteiger partial charge in [0.25, 0.3) is 0 Å². The number of nitrogens with two attached hydrogens (primary N) is 1. The third-order valence-electron chi connectivity index (χ3n) is 1.06. The van der Waals surface area contributed by atoms with Crippen LogP contribution in [0.4, 0.5) is 13.2 Å². The topological polar surface area (TPSA) is 63.3 Å². The standard InChI is InChI=1S/C4H9F3NO2P/c5-4(6,7)2-1-3(8)11(9)10/h3,11H,1-2,8H2,(H,9,10). The van der Waals surface area contributed by atoms with Crippen molar-refractivity contribution in [1.82, 2.24) is 0 Å². The first-order valence-electron chi connectivity index (χ1n) is 2.88. The van der Waals surface area contributed by atoms with E-state index in [4.69, 9.17) is 10.6 Å². The fraction of sp³-hybridized carbons (Fsp3) is 1.00. The predicted octanol–water partition coefficient (Wildman–Crippen LogP) is 1.08. The lowest BCUT2D eigenvalue weighted by Crippen LogP contribution is -2.19. The van der Waals surface area contributed by atoms with E-state index in [0.717, 1.165) is 0 Å². The second-order valence-electron chi connectivity index (χ2n) is 2.10. The van der Waals surface area contributed by atoms with Gasteiger partial charge in [0.1, 0.15) is 0 Å². The van der Waals surface area contributed by atoms with Crippen LogP contribution in [0.5, 0.6) is 0 Å². The Labute approximate surface area is 62.3 Å². The van der Waals surface area contributed by atoms with E-state index >= 15 is 0 Å². The van der Waals surface area contributed by atoms with Gasteiger partial charge in [-0.1, -0.05) is 0 Å². The Hall–Kier alpha value is -0.0600. The van der Waals surface area contributed by atoms with E-state index in [1.165, 1.54) is 0 Å².